The Bertz CT molecular complexity index is 267. The molecular formula is C16H31AlO3. The molecule has 0 unspecified atom stereocenters. The Hall–Kier alpha value is 0.412. The molecule has 0 saturated carbocycles. The van der Waals surface area contributed by atoms with Crippen LogP contribution in [0.2, 0.25) is 15.8 Å². The molecule has 0 aromatic heterocycles. The molecule has 3 nitrogen and oxygen atoms in total. The molecule has 20 heavy (non-hydrogen) atoms. The maximum Gasteiger partial charge on any atom is 0.282 e. The molecule has 3 aliphatic rings. The molecule has 0 spiro atoms. The normalized spacial score (nSPS) is 32.5. The second kappa shape index (κ2) is 7.61. The van der Waals surface area contributed by atoms with Crippen molar-refractivity contribution in [3.8, 4) is 0 Å². The standard InChI is InChI=1S/C12H21O3.2C2H5.Al/c1-3-4-5-6-7-12-13-8-11(2,9-14-12)10-15-12;2*1-2;/h1,3-10H2,2H3;2*1H2,2H3;. The molecule has 0 radical (unpaired) electrons. The van der Waals surface area contributed by atoms with Crippen molar-refractivity contribution in [2.24, 2.45) is 5.41 Å². The van der Waals surface area contributed by atoms with Crippen LogP contribution in [0.4, 0.5) is 0 Å². The molecule has 0 aromatic rings. The zero-order chi connectivity index (χ0) is 14.5. The number of hydrogen-bond acceptors (Lipinski definition) is 3. The van der Waals surface area contributed by atoms with Gasteiger partial charge in [-0.3, -0.25) is 0 Å². The zero-order valence-electron chi connectivity index (χ0n) is 13.6. The maximum absolute atomic E-state index is 5.81. The quantitative estimate of drug-likeness (QED) is 0.471. The third-order valence-corrected chi connectivity index (χ3v) is 8.46. The van der Waals surface area contributed by atoms with Crippen molar-refractivity contribution in [2.75, 3.05) is 19.8 Å². The molecule has 2 bridgehead atoms. The minimum absolute atomic E-state index is 0.0850. The van der Waals surface area contributed by atoms with Crippen molar-refractivity contribution in [2.45, 2.75) is 74.7 Å². The summed E-state index contributed by atoms with van der Waals surface area (Å²) in [5, 5.41) is 4.46. The summed E-state index contributed by atoms with van der Waals surface area (Å²) < 4.78 is 17.4. The lowest BCUT2D eigenvalue weighted by atomic mass is 9.91. The van der Waals surface area contributed by atoms with Crippen LogP contribution in [0.1, 0.15) is 52.9 Å². The van der Waals surface area contributed by atoms with Crippen molar-refractivity contribution >= 4 is 14.1 Å². The van der Waals surface area contributed by atoms with Crippen LogP contribution >= 0.6 is 0 Å². The molecule has 0 aromatic carbocycles. The van der Waals surface area contributed by atoms with E-state index in [4.69, 9.17) is 14.2 Å². The number of hydrogen-bond donors (Lipinski definition) is 0. The number of unbranched alkanes of at least 4 members (excludes halogenated alkanes) is 3. The highest BCUT2D eigenvalue weighted by atomic mass is 27.2. The molecular weight excluding hydrogens is 267 g/mol. The molecule has 3 rings (SSSR count). The molecule has 0 amide bonds. The lowest BCUT2D eigenvalue weighted by Crippen LogP contribution is -2.58. The largest absolute Gasteiger partial charge is 0.327 e. The summed E-state index contributed by atoms with van der Waals surface area (Å²) in [6, 6.07) is 0. The van der Waals surface area contributed by atoms with E-state index in [1.54, 1.807) is 0 Å². The van der Waals surface area contributed by atoms with E-state index in [-0.39, 0.29) is 19.6 Å². The summed E-state index contributed by atoms with van der Waals surface area (Å²) in [6.07, 6.45) is 6.11. The monoisotopic (exact) mass is 298 g/mol. The van der Waals surface area contributed by atoms with Gasteiger partial charge in [0.1, 0.15) is 0 Å². The van der Waals surface area contributed by atoms with Crippen LogP contribution < -0.4 is 0 Å². The molecule has 0 atom stereocenters. The van der Waals surface area contributed by atoms with E-state index in [0.29, 0.717) is 0 Å². The third-order valence-electron chi connectivity index (χ3n) is 4.92. The first-order valence-corrected chi connectivity index (χ1v) is 11.0. The average molecular weight is 298 g/mol. The van der Waals surface area contributed by atoms with Crippen LogP contribution in [0.25, 0.3) is 0 Å². The molecule has 3 saturated heterocycles. The highest BCUT2D eigenvalue weighted by molar-refractivity contribution is 6.58. The van der Waals surface area contributed by atoms with E-state index >= 15 is 0 Å². The molecule has 0 N–H and O–H groups in total. The van der Waals surface area contributed by atoms with Gasteiger partial charge in [0.15, 0.2) is 0 Å². The lowest BCUT2D eigenvalue weighted by Gasteiger charge is -2.50. The van der Waals surface area contributed by atoms with Crippen molar-refractivity contribution in [3.63, 3.8) is 0 Å². The van der Waals surface area contributed by atoms with E-state index in [1.165, 1.54) is 35.1 Å². The van der Waals surface area contributed by atoms with Crippen LogP contribution in [0.3, 0.4) is 0 Å². The van der Waals surface area contributed by atoms with Gasteiger partial charge in [0.2, 0.25) is 0 Å². The average Bonchev–Trinajstić information content (AvgIpc) is 2.48. The van der Waals surface area contributed by atoms with E-state index in [0.717, 1.165) is 32.7 Å². The Morgan fingerprint density at radius 2 is 1.40 bits per heavy atom. The molecule has 4 heteroatoms. The molecule has 0 aliphatic carbocycles. The minimum Gasteiger partial charge on any atom is -0.327 e. The van der Waals surface area contributed by atoms with Crippen LogP contribution in [0.15, 0.2) is 0 Å². The van der Waals surface area contributed by atoms with Crippen molar-refractivity contribution in [1.82, 2.24) is 0 Å². The highest BCUT2D eigenvalue weighted by Crippen LogP contribution is 2.40. The third kappa shape index (κ3) is 4.45. The fourth-order valence-electron chi connectivity index (χ4n) is 3.14. The molecule has 3 fully saturated rings. The van der Waals surface area contributed by atoms with Crippen LogP contribution in [-0.4, -0.2) is 39.9 Å². The van der Waals surface area contributed by atoms with Gasteiger partial charge in [-0.2, -0.15) is 0 Å². The highest BCUT2D eigenvalue weighted by Gasteiger charge is 2.49. The summed E-state index contributed by atoms with van der Waals surface area (Å²) in [5.41, 5.74) is 0.0850. The molecule has 116 valence electrons. The predicted molar refractivity (Wildman–Crippen MR) is 83.3 cm³/mol. The molecule has 3 aliphatic heterocycles. The van der Waals surface area contributed by atoms with Crippen LogP contribution in [0.5, 0.6) is 0 Å². The smallest absolute Gasteiger partial charge is 0.282 e. The number of rotatable bonds is 9. The Balaban J connectivity index is 1.55. The number of fused-ring (bicyclic) bond motifs is 3. The van der Waals surface area contributed by atoms with E-state index in [1.807, 2.05) is 0 Å². The second-order valence-electron chi connectivity index (χ2n) is 7.00. The lowest BCUT2D eigenvalue weighted by molar-refractivity contribution is -0.467. The molecule has 3 heterocycles. The van der Waals surface area contributed by atoms with Gasteiger partial charge in [-0.1, -0.05) is 55.9 Å². The van der Waals surface area contributed by atoms with Gasteiger partial charge >= 0.3 is 0 Å². The van der Waals surface area contributed by atoms with Gasteiger partial charge in [-0.25, -0.2) is 0 Å². The summed E-state index contributed by atoms with van der Waals surface area (Å²) >= 11 is -0.367. The first kappa shape index (κ1) is 16.8. The van der Waals surface area contributed by atoms with Crippen molar-refractivity contribution < 1.29 is 14.2 Å². The summed E-state index contributed by atoms with van der Waals surface area (Å²) in [6.45, 7) is 9.25. The summed E-state index contributed by atoms with van der Waals surface area (Å²) in [7, 11) is 0. The fourth-order valence-corrected chi connectivity index (χ4v) is 5.40. The Morgan fingerprint density at radius 3 is 1.95 bits per heavy atom. The van der Waals surface area contributed by atoms with E-state index < -0.39 is 5.97 Å². The Morgan fingerprint density at radius 1 is 0.850 bits per heavy atom. The van der Waals surface area contributed by atoms with E-state index in [9.17, 15) is 0 Å². The summed E-state index contributed by atoms with van der Waals surface area (Å²) in [4.78, 5) is 0. The van der Waals surface area contributed by atoms with E-state index in [2.05, 4.69) is 20.8 Å². The maximum atomic E-state index is 5.81. The van der Waals surface area contributed by atoms with Gasteiger partial charge in [0.25, 0.3) is 20.1 Å². The van der Waals surface area contributed by atoms with Crippen LogP contribution in [-0.2, 0) is 14.2 Å². The van der Waals surface area contributed by atoms with Gasteiger partial charge in [-0.15, -0.1) is 0 Å². The Kier molecular flexibility index (Phi) is 6.38. The topological polar surface area (TPSA) is 27.7 Å². The fraction of sp³-hybridized carbons (Fsp3) is 1.00. The number of ether oxygens (including phenoxy) is 3. The minimum atomic E-state index is -0.693. The van der Waals surface area contributed by atoms with Crippen LogP contribution in [0, 0.1) is 5.41 Å². The van der Waals surface area contributed by atoms with Gasteiger partial charge < -0.3 is 14.2 Å². The zero-order valence-corrected chi connectivity index (χ0v) is 14.7. The Labute approximate surface area is 128 Å². The SMILES string of the molecule is C[CH2][Al]([CH2]C)[CH2]CCCCCC12OCC(C)(CO1)CO2. The predicted octanol–water partition coefficient (Wildman–Crippen LogP) is 4.21. The van der Waals surface area contributed by atoms with Crippen molar-refractivity contribution in [3.05, 3.63) is 0 Å². The van der Waals surface area contributed by atoms with Gasteiger partial charge in [-0.05, 0) is 6.42 Å². The second-order valence-corrected chi connectivity index (χ2v) is 10.9. The van der Waals surface area contributed by atoms with Crippen molar-refractivity contribution in [1.29, 1.82) is 0 Å². The van der Waals surface area contributed by atoms with Gasteiger partial charge in [0.05, 0.1) is 19.8 Å². The first-order valence-electron chi connectivity index (χ1n) is 8.53. The van der Waals surface area contributed by atoms with Gasteiger partial charge in [0, 0.05) is 11.8 Å². The first-order chi connectivity index (χ1) is 9.61. The summed E-state index contributed by atoms with van der Waals surface area (Å²) in [5.74, 6) is -0.693.